The first-order chi connectivity index (χ1) is 14.8. The summed E-state index contributed by atoms with van der Waals surface area (Å²) in [5, 5.41) is 21.6. The standard InChI is InChI=1S/C25H33NO5/c1-24(2)15-18-5-4-6-22(23(18)31-24)30-17-20(27)16-26-13-11-25(28,12-14-26)19-7-9-21(29-3)10-8-19/h4-10,20,27-28H,11-17H2,1-3H3. The largest absolute Gasteiger partial charge is 0.497 e. The van der Waals surface area contributed by atoms with Crippen molar-refractivity contribution in [3.05, 3.63) is 53.6 Å². The number of aliphatic hydroxyl groups excluding tert-OH is 1. The van der Waals surface area contributed by atoms with Crippen LogP contribution in [0.5, 0.6) is 17.2 Å². The molecule has 1 atom stereocenters. The second-order valence-electron chi connectivity index (χ2n) is 9.31. The number of fused-ring (bicyclic) bond motifs is 1. The van der Waals surface area contributed by atoms with Crippen LogP contribution in [-0.2, 0) is 12.0 Å². The summed E-state index contributed by atoms with van der Waals surface area (Å²) >= 11 is 0. The smallest absolute Gasteiger partial charge is 0.165 e. The Morgan fingerprint density at radius 1 is 1.10 bits per heavy atom. The number of nitrogens with zero attached hydrogens (tertiary/aromatic N) is 1. The number of ether oxygens (including phenoxy) is 3. The first-order valence-electron chi connectivity index (χ1n) is 11.0. The lowest BCUT2D eigenvalue weighted by Crippen LogP contribution is -2.46. The van der Waals surface area contributed by atoms with Crippen molar-refractivity contribution in [1.29, 1.82) is 0 Å². The summed E-state index contributed by atoms with van der Waals surface area (Å²) < 4.78 is 17.2. The zero-order chi connectivity index (χ0) is 22.1. The molecule has 2 N–H and O–H groups in total. The van der Waals surface area contributed by atoms with Gasteiger partial charge in [0.2, 0.25) is 0 Å². The summed E-state index contributed by atoms with van der Waals surface area (Å²) in [6, 6.07) is 13.5. The maximum absolute atomic E-state index is 11.1. The summed E-state index contributed by atoms with van der Waals surface area (Å²) in [5.74, 6) is 2.27. The Bertz CT molecular complexity index is 887. The molecule has 1 fully saturated rings. The van der Waals surface area contributed by atoms with Crippen molar-refractivity contribution < 1.29 is 24.4 Å². The van der Waals surface area contributed by atoms with Crippen molar-refractivity contribution in [2.24, 2.45) is 0 Å². The van der Waals surface area contributed by atoms with Crippen LogP contribution in [0.15, 0.2) is 42.5 Å². The van der Waals surface area contributed by atoms with Crippen LogP contribution in [0.4, 0.5) is 0 Å². The van der Waals surface area contributed by atoms with E-state index in [9.17, 15) is 10.2 Å². The topological polar surface area (TPSA) is 71.4 Å². The van der Waals surface area contributed by atoms with Gasteiger partial charge in [0, 0.05) is 31.6 Å². The van der Waals surface area contributed by atoms with Crippen LogP contribution in [0.3, 0.4) is 0 Å². The Hall–Kier alpha value is -2.28. The van der Waals surface area contributed by atoms with Gasteiger partial charge in [-0.2, -0.15) is 0 Å². The lowest BCUT2D eigenvalue weighted by Gasteiger charge is -2.39. The highest BCUT2D eigenvalue weighted by Crippen LogP contribution is 2.41. The summed E-state index contributed by atoms with van der Waals surface area (Å²) in [6.45, 7) is 6.29. The molecule has 6 nitrogen and oxygen atoms in total. The Balaban J connectivity index is 1.27. The molecule has 0 spiro atoms. The molecule has 0 saturated carbocycles. The fourth-order valence-electron chi connectivity index (χ4n) is 4.53. The van der Waals surface area contributed by atoms with E-state index in [-0.39, 0.29) is 12.2 Å². The molecule has 31 heavy (non-hydrogen) atoms. The molecule has 0 amide bonds. The summed E-state index contributed by atoms with van der Waals surface area (Å²) in [5.41, 5.74) is 0.997. The number of para-hydroxylation sites is 1. The average Bonchev–Trinajstić information content (AvgIpc) is 3.08. The van der Waals surface area contributed by atoms with Gasteiger partial charge in [-0.25, -0.2) is 0 Å². The number of piperidine rings is 1. The van der Waals surface area contributed by atoms with Crippen LogP contribution in [0.1, 0.15) is 37.8 Å². The predicted molar refractivity (Wildman–Crippen MR) is 119 cm³/mol. The molecule has 2 heterocycles. The van der Waals surface area contributed by atoms with E-state index in [0.29, 0.717) is 25.1 Å². The average molecular weight is 428 g/mol. The number of β-amino-alcohol motifs (C(OH)–C–C–N with tert-alkyl or cyclic N) is 1. The van der Waals surface area contributed by atoms with Crippen LogP contribution >= 0.6 is 0 Å². The number of aliphatic hydroxyl groups is 2. The molecule has 1 saturated heterocycles. The summed E-state index contributed by atoms with van der Waals surface area (Å²) in [6.07, 6.45) is 1.49. The van der Waals surface area contributed by atoms with Gasteiger partial charge in [-0.3, -0.25) is 0 Å². The molecule has 2 aromatic rings. The molecule has 1 unspecified atom stereocenters. The van der Waals surface area contributed by atoms with Gasteiger partial charge in [-0.15, -0.1) is 0 Å². The molecule has 2 aliphatic heterocycles. The zero-order valence-corrected chi connectivity index (χ0v) is 18.6. The SMILES string of the molecule is COc1ccc(C2(O)CCN(CC(O)COc3cccc4c3OC(C)(C)C4)CC2)cc1. The van der Waals surface area contributed by atoms with Gasteiger partial charge in [-0.05, 0) is 50.5 Å². The van der Waals surface area contributed by atoms with Crippen molar-refractivity contribution in [3.8, 4) is 17.2 Å². The highest BCUT2D eigenvalue weighted by molar-refractivity contribution is 5.50. The van der Waals surface area contributed by atoms with Gasteiger partial charge in [0.05, 0.1) is 12.7 Å². The molecule has 168 valence electrons. The first-order valence-corrected chi connectivity index (χ1v) is 11.0. The maximum atomic E-state index is 11.1. The van der Waals surface area contributed by atoms with E-state index >= 15 is 0 Å². The Labute approximate surface area is 184 Å². The fourth-order valence-corrected chi connectivity index (χ4v) is 4.53. The first kappa shape index (κ1) is 21.9. The number of methoxy groups -OCH3 is 1. The Morgan fingerprint density at radius 3 is 2.48 bits per heavy atom. The van der Waals surface area contributed by atoms with Gasteiger partial charge in [0.25, 0.3) is 0 Å². The van der Waals surface area contributed by atoms with Crippen LogP contribution in [0.25, 0.3) is 0 Å². The lowest BCUT2D eigenvalue weighted by atomic mass is 9.84. The second kappa shape index (κ2) is 8.69. The molecular weight excluding hydrogens is 394 g/mol. The molecule has 0 radical (unpaired) electrons. The van der Waals surface area contributed by atoms with E-state index in [1.54, 1.807) is 7.11 Å². The van der Waals surface area contributed by atoms with E-state index in [0.717, 1.165) is 42.1 Å². The highest BCUT2D eigenvalue weighted by atomic mass is 16.5. The minimum atomic E-state index is -0.834. The normalized spacial score (nSPS) is 20.5. The Morgan fingerprint density at radius 2 is 1.81 bits per heavy atom. The van der Waals surface area contributed by atoms with Gasteiger partial charge < -0.3 is 29.3 Å². The molecule has 6 heteroatoms. The number of rotatable bonds is 7. The predicted octanol–water partition coefficient (Wildman–Crippen LogP) is 3.13. The van der Waals surface area contributed by atoms with Crippen molar-refractivity contribution in [3.63, 3.8) is 0 Å². The van der Waals surface area contributed by atoms with E-state index < -0.39 is 11.7 Å². The molecule has 2 aliphatic rings. The molecule has 4 rings (SSSR count). The fraction of sp³-hybridized carbons (Fsp3) is 0.520. The van der Waals surface area contributed by atoms with Gasteiger partial charge >= 0.3 is 0 Å². The van der Waals surface area contributed by atoms with Crippen molar-refractivity contribution >= 4 is 0 Å². The quantitative estimate of drug-likeness (QED) is 0.708. The monoisotopic (exact) mass is 427 g/mol. The van der Waals surface area contributed by atoms with Gasteiger partial charge in [0.1, 0.15) is 24.1 Å². The number of hydrogen-bond donors (Lipinski definition) is 2. The second-order valence-corrected chi connectivity index (χ2v) is 9.31. The van der Waals surface area contributed by atoms with E-state index in [2.05, 4.69) is 24.8 Å². The number of hydrogen-bond acceptors (Lipinski definition) is 6. The van der Waals surface area contributed by atoms with Gasteiger partial charge in [-0.1, -0.05) is 24.3 Å². The maximum Gasteiger partial charge on any atom is 0.165 e. The van der Waals surface area contributed by atoms with Crippen molar-refractivity contribution in [1.82, 2.24) is 4.90 Å². The van der Waals surface area contributed by atoms with Crippen LogP contribution in [0.2, 0.25) is 0 Å². The Kier molecular flexibility index (Phi) is 6.15. The zero-order valence-electron chi connectivity index (χ0n) is 18.6. The van der Waals surface area contributed by atoms with Crippen LogP contribution in [-0.4, -0.2) is 60.2 Å². The van der Waals surface area contributed by atoms with Crippen molar-refractivity contribution in [2.75, 3.05) is 33.4 Å². The lowest BCUT2D eigenvalue weighted by molar-refractivity contribution is -0.0373. The van der Waals surface area contributed by atoms with Crippen molar-refractivity contribution in [2.45, 2.75) is 50.4 Å². The molecule has 0 aliphatic carbocycles. The third kappa shape index (κ3) is 4.97. The third-order valence-electron chi connectivity index (χ3n) is 6.27. The van der Waals surface area contributed by atoms with E-state index in [1.807, 2.05) is 36.4 Å². The van der Waals surface area contributed by atoms with E-state index in [1.165, 1.54) is 0 Å². The molecule has 0 aromatic heterocycles. The highest BCUT2D eigenvalue weighted by Gasteiger charge is 2.35. The summed E-state index contributed by atoms with van der Waals surface area (Å²) in [7, 11) is 1.64. The van der Waals surface area contributed by atoms with E-state index in [4.69, 9.17) is 14.2 Å². The third-order valence-corrected chi connectivity index (χ3v) is 6.27. The van der Waals surface area contributed by atoms with Crippen LogP contribution in [0, 0.1) is 0 Å². The van der Waals surface area contributed by atoms with Gasteiger partial charge in [0.15, 0.2) is 11.5 Å². The summed E-state index contributed by atoms with van der Waals surface area (Å²) in [4.78, 5) is 2.18. The number of benzene rings is 2. The van der Waals surface area contributed by atoms with Crippen LogP contribution < -0.4 is 14.2 Å². The number of likely N-dealkylation sites (tertiary alicyclic amines) is 1. The minimum Gasteiger partial charge on any atom is -0.497 e. The molecule has 2 aromatic carbocycles. The molecular formula is C25H33NO5. The minimum absolute atomic E-state index is 0.208. The molecule has 0 bridgehead atoms.